The molecule has 1 aromatic heterocycles. The van der Waals surface area contributed by atoms with E-state index in [0.29, 0.717) is 0 Å². The van der Waals surface area contributed by atoms with Gasteiger partial charge in [-0.1, -0.05) is 39.0 Å². The third-order valence-electron chi connectivity index (χ3n) is 3.08. The van der Waals surface area contributed by atoms with Crippen LogP contribution in [0.1, 0.15) is 38.5 Å². The van der Waals surface area contributed by atoms with E-state index >= 15 is 0 Å². The molecule has 0 radical (unpaired) electrons. The summed E-state index contributed by atoms with van der Waals surface area (Å²) in [5.41, 5.74) is 7.30. The average molecular weight is 244 g/mol. The van der Waals surface area contributed by atoms with Gasteiger partial charge < -0.3 is 5.73 Å². The van der Waals surface area contributed by atoms with Gasteiger partial charge in [0, 0.05) is 5.69 Å². The highest BCUT2D eigenvalue weighted by Crippen LogP contribution is 2.30. The maximum atomic E-state index is 6.30. The highest BCUT2D eigenvalue weighted by Gasteiger charge is 2.28. The quantitative estimate of drug-likeness (QED) is 0.883. The van der Waals surface area contributed by atoms with Crippen LogP contribution in [0.4, 0.5) is 0 Å². The fraction of sp³-hybridized carbons (Fsp3) is 0.429. The summed E-state index contributed by atoms with van der Waals surface area (Å²) in [5.74, 6) is 1.67. The molecule has 0 saturated carbocycles. The van der Waals surface area contributed by atoms with Crippen molar-refractivity contribution in [2.24, 2.45) is 11.1 Å². The number of nitrogens with zero attached hydrogens (tertiary/aromatic N) is 3. The molecule has 0 spiro atoms. The van der Waals surface area contributed by atoms with Gasteiger partial charge in [0.05, 0.1) is 6.04 Å². The van der Waals surface area contributed by atoms with Gasteiger partial charge in [0.25, 0.3) is 0 Å². The van der Waals surface area contributed by atoms with Gasteiger partial charge in [0.2, 0.25) is 0 Å². The van der Waals surface area contributed by atoms with Gasteiger partial charge in [-0.15, -0.1) is 10.2 Å². The van der Waals surface area contributed by atoms with Crippen molar-refractivity contribution in [3.8, 4) is 5.69 Å². The zero-order valence-corrected chi connectivity index (χ0v) is 11.4. The van der Waals surface area contributed by atoms with Crippen LogP contribution in [0.25, 0.3) is 5.69 Å². The molecule has 1 atom stereocenters. The lowest BCUT2D eigenvalue weighted by Gasteiger charge is -2.26. The first-order chi connectivity index (χ1) is 8.41. The van der Waals surface area contributed by atoms with Crippen molar-refractivity contribution in [2.75, 3.05) is 0 Å². The van der Waals surface area contributed by atoms with E-state index in [1.54, 1.807) is 0 Å². The minimum atomic E-state index is -0.154. The second-order valence-corrected chi connectivity index (χ2v) is 5.62. The SMILES string of the molecule is Cc1nnc([C@H](N)C(C)(C)C)n1-c1ccccc1. The molecule has 0 aliphatic carbocycles. The molecule has 0 aliphatic rings. The molecular weight excluding hydrogens is 224 g/mol. The van der Waals surface area contributed by atoms with Crippen LogP contribution < -0.4 is 5.73 Å². The molecule has 2 aromatic rings. The van der Waals surface area contributed by atoms with Crippen molar-refractivity contribution in [1.29, 1.82) is 0 Å². The molecule has 1 heterocycles. The summed E-state index contributed by atoms with van der Waals surface area (Å²) in [4.78, 5) is 0. The lowest BCUT2D eigenvalue weighted by Crippen LogP contribution is -2.29. The monoisotopic (exact) mass is 244 g/mol. The van der Waals surface area contributed by atoms with Crippen LogP contribution >= 0.6 is 0 Å². The third-order valence-corrected chi connectivity index (χ3v) is 3.08. The predicted molar refractivity (Wildman–Crippen MR) is 72.5 cm³/mol. The van der Waals surface area contributed by atoms with Crippen LogP contribution in [-0.2, 0) is 0 Å². The average Bonchev–Trinajstić information content (AvgIpc) is 2.70. The van der Waals surface area contributed by atoms with Gasteiger partial charge in [-0.3, -0.25) is 4.57 Å². The summed E-state index contributed by atoms with van der Waals surface area (Å²) in [6, 6.07) is 9.92. The largest absolute Gasteiger partial charge is 0.321 e. The Kier molecular flexibility index (Phi) is 3.22. The zero-order valence-electron chi connectivity index (χ0n) is 11.4. The summed E-state index contributed by atoms with van der Waals surface area (Å²) in [5, 5.41) is 8.41. The van der Waals surface area contributed by atoms with Crippen molar-refractivity contribution in [3.05, 3.63) is 42.0 Å². The molecular formula is C14H20N4. The number of para-hydroxylation sites is 1. The molecule has 96 valence electrons. The minimum Gasteiger partial charge on any atom is -0.321 e. The first-order valence-electron chi connectivity index (χ1n) is 6.14. The highest BCUT2D eigenvalue weighted by atomic mass is 15.3. The number of rotatable bonds is 2. The molecule has 0 bridgehead atoms. The lowest BCUT2D eigenvalue weighted by atomic mass is 9.87. The summed E-state index contributed by atoms with van der Waals surface area (Å²) < 4.78 is 2.02. The molecule has 2 rings (SSSR count). The Morgan fingerprint density at radius 2 is 1.72 bits per heavy atom. The number of nitrogens with two attached hydrogens (primary N) is 1. The topological polar surface area (TPSA) is 56.7 Å². The molecule has 0 unspecified atom stereocenters. The minimum absolute atomic E-state index is 0.0496. The zero-order chi connectivity index (χ0) is 13.3. The highest BCUT2D eigenvalue weighted by molar-refractivity contribution is 5.34. The van der Waals surface area contributed by atoms with Crippen LogP contribution in [0.3, 0.4) is 0 Å². The lowest BCUT2D eigenvalue weighted by molar-refractivity contribution is 0.312. The van der Waals surface area contributed by atoms with Crippen LogP contribution in [0.2, 0.25) is 0 Å². The van der Waals surface area contributed by atoms with E-state index in [0.717, 1.165) is 17.3 Å². The first-order valence-corrected chi connectivity index (χ1v) is 6.14. The molecule has 0 aliphatic heterocycles. The molecule has 1 aromatic carbocycles. The van der Waals surface area contributed by atoms with Gasteiger partial charge >= 0.3 is 0 Å². The van der Waals surface area contributed by atoms with E-state index in [1.807, 2.05) is 41.8 Å². The van der Waals surface area contributed by atoms with Crippen LogP contribution in [0.15, 0.2) is 30.3 Å². The number of hydrogen-bond donors (Lipinski definition) is 1. The Balaban J connectivity index is 2.53. The molecule has 0 fully saturated rings. The summed E-state index contributed by atoms with van der Waals surface area (Å²) >= 11 is 0. The van der Waals surface area contributed by atoms with Crippen molar-refractivity contribution < 1.29 is 0 Å². The van der Waals surface area contributed by atoms with Crippen LogP contribution in [0.5, 0.6) is 0 Å². The van der Waals surface area contributed by atoms with Gasteiger partial charge in [-0.25, -0.2) is 0 Å². The van der Waals surface area contributed by atoms with E-state index in [1.165, 1.54) is 0 Å². The number of aromatic nitrogens is 3. The van der Waals surface area contributed by atoms with Gasteiger partial charge in [0.1, 0.15) is 5.82 Å². The molecule has 4 heteroatoms. The van der Waals surface area contributed by atoms with E-state index < -0.39 is 0 Å². The van der Waals surface area contributed by atoms with Crippen LogP contribution in [-0.4, -0.2) is 14.8 Å². The van der Waals surface area contributed by atoms with Crippen LogP contribution in [0, 0.1) is 12.3 Å². The third kappa shape index (κ3) is 2.29. The second-order valence-electron chi connectivity index (χ2n) is 5.62. The molecule has 2 N–H and O–H groups in total. The summed E-state index contributed by atoms with van der Waals surface area (Å²) in [6.07, 6.45) is 0. The van der Waals surface area contributed by atoms with Gasteiger partial charge in [0.15, 0.2) is 5.82 Å². The van der Waals surface area contributed by atoms with Crippen molar-refractivity contribution in [1.82, 2.24) is 14.8 Å². The maximum absolute atomic E-state index is 6.30. The summed E-state index contributed by atoms with van der Waals surface area (Å²) in [7, 11) is 0. The predicted octanol–water partition coefficient (Wildman–Crippen LogP) is 2.62. The fourth-order valence-electron chi connectivity index (χ4n) is 1.86. The molecule has 0 amide bonds. The van der Waals surface area contributed by atoms with Crippen molar-refractivity contribution in [2.45, 2.75) is 33.7 Å². The molecule has 0 saturated heterocycles. The summed E-state index contributed by atoms with van der Waals surface area (Å²) in [6.45, 7) is 8.27. The first kappa shape index (κ1) is 12.8. The van der Waals surface area contributed by atoms with E-state index in [4.69, 9.17) is 5.73 Å². The molecule has 4 nitrogen and oxygen atoms in total. The Morgan fingerprint density at radius 3 is 2.28 bits per heavy atom. The number of benzene rings is 1. The van der Waals surface area contributed by atoms with E-state index in [9.17, 15) is 0 Å². The van der Waals surface area contributed by atoms with Gasteiger partial charge in [-0.2, -0.15) is 0 Å². The van der Waals surface area contributed by atoms with Gasteiger partial charge in [-0.05, 0) is 24.5 Å². The van der Waals surface area contributed by atoms with E-state index in [2.05, 4.69) is 31.0 Å². The Morgan fingerprint density at radius 1 is 1.11 bits per heavy atom. The van der Waals surface area contributed by atoms with Crippen molar-refractivity contribution in [3.63, 3.8) is 0 Å². The smallest absolute Gasteiger partial charge is 0.155 e. The normalized spacial score (nSPS) is 13.6. The van der Waals surface area contributed by atoms with E-state index in [-0.39, 0.29) is 11.5 Å². The Labute approximate surface area is 108 Å². The number of hydrogen-bond acceptors (Lipinski definition) is 3. The Bertz CT molecular complexity index is 522. The Hall–Kier alpha value is -1.68. The second kappa shape index (κ2) is 4.53. The fourth-order valence-corrected chi connectivity index (χ4v) is 1.86. The molecule has 18 heavy (non-hydrogen) atoms. The van der Waals surface area contributed by atoms with Crippen molar-refractivity contribution >= 4 is 0 Å². The maximum Gasteiger partial charge on any atom is 0.155 e. The number of aryl methyl sites for hydroxylation is 1. The standard InChI is InChI=1S/C14H20N4/c1-10-16-17-13(12(15)14(2,3)4)18(10)11-8-6-5-7-9-11/h5-9,12H,15H2,1-4H3/t12-/m0/s1.